The van der Waals surface area contributed by atoms with E-state index in [4.69, 9.17) is 10.5 Å². The van der Waals surface area contributed by atoms with E-state index in [-0.39, 0.29) is 12.0 Å². The molecule has 1 aliphatic rings. The Balaban J connectivity index is 1.35. The largest absolute Gasteiger partial charge is 0.461 e. The molecule has 0 radical (unpaired) electrons. The van der Waals surface area contributed by atoms with Crippen LogP contribution in [0.25, 0.3) is 33.4 Å². The van der Waals surface area contributed by atoms with E-state index in [1.807, 2.05) is 49.4 Å². The van der Waals surface area contributed by atoms with E-state index >= 15 is 0 Å². The summed E-state index contributed by atoms with van der Waals surface area (Å²) in [4.78, 5) is 23.9. The second-order valence-corrected chi connectivity index (χ2v) is 8.44. The van der Waals surface area contributed by atoms with E-state index < -0.39 is 0 Å². The van der Waals surface area contributed by atoms with Gasteiger partial charge in [-0.15, -0.1) is 0 Å². The summed E-state index contributed by atoms with van der Waals surface area (Å²) in [6.07, 6.45) is 4.34. The molecule has 0 bridgehead atoms. The van der Waals surface area contributed by atoms with Gasteiger partial charge in [0.25, 0.3) is 0 Å². The zero-order valence-electron chi connectivity index (χ0n) is 18.5. The fourth-order valence-electron chi connectivity index (χ4n) is 4.21. The van der Waals surface area contributed by atoms with Gasteiger partial charge >= 0.3 is 5.97 Å². The number of aromatic amines is 1. The van der Waals surface area contributed by atoms with E-state index in [0.717, 1.165) is 58.6 Å². The van der Waals surface area contributed by atoms with E-state index in [0.29, 0.717) is 18.7 Å². The number of fused-ring (bicyclic) bond motifs is 1. The van der Waals surface area contributed by atoms with E-state index in [1.165, 1.54) is 0 Å². The van der Waals surface area contributed by atoms with Crippen molar-refractivity contribution in [3.05, 3.63) is 66.1 Å². The van der Waals surface area contributed by atoms with Crippen LogP contribution in [0.4, 0.5) is 0 Å². The minimum atomic E-state index is -0.369. The van der Waals surface area contributed by atoms with Crippen molar-refractivity contribution in [2.45, 2.75) is 19.4 Å². The van der Waals surface area contributed by atoms with Crippen LogP contribution in [0.5, 0.6) is 0 Å². The summed E-state index contributed by atoms with van der Waals surface area (Å²) in [5, 5.41) is 8.15. The lowest BCUT2D eigenvalue weighted by atomic mass is 10.0. The van der Waals surface area contributed by atoms with Gasteiger partial charge in [0.15, 0.2) is 0 Å². The number of hydrogen-bond donors (Lipinski definition) is 2. The first-order chi connectivity index (χ1) is 16.1. The van der Waals surface area contributed by atoms with Gasteiger partial charge in [-0.25, -0.2) is 4.79 Å². The number of carbonyl (C=O) groups excluding carboxylic acids is 1. The number of ether oxygens (including phenoxy) is 1. The van der Waals surface area contributed by atoms with Gasteiger partial charge in [-0.3, -0.25) is 20.0 Å². The maximum atomic E-state index is 12.6. The highest BCUT2D eigenvalue weighted by atomic mass is 16.5. The van der Waals surface area contributed by atoms with Gasteiger partial charge in [0.1, 0.15) is 6.61 Å². The smallest absolute Gasteiger partial charge is 0.339 e. The molecule has 0 spiro atoms. The lowest BCUT2D eigenvalue weighted by molar-refractivity contribution is 0.0471. The molecule has 0 amide bonds. The molecule has 1 aliphatic heterocycles. The quantitative estimate of drug-likeness (QED) is 0.441. The van der Waals surface area contributed by atoms with Gasteiger partial charge in [0, 0.05) is 42.0 Å². The number of carbonyl (C=O) groups is 1. The molecule has 0 saturated carbocycles. The zero-order chi connectivity index (χ0) is 22.8. The summed E-state index contributed by atoms with van der Waals surface area (Å²) in [5.74, 6) is -0.369. The van der Waals surface area contributed by atoms with Crippen molar-refractivity contribution in [2.75, 3.05) is 26.2 Å². The molecule has 33 heavy (non-hydrogen) atoms. The van der Waals surface area contributed by atoms with Crippen LogP contribution in [-0.4, -0.2) is 63.3 Å². The minimum Gasteiger partial charge on any atom is -0.461 e. The Bertz CT molecular complexity index is 1300. The van der Waals surface area contributed by atoms with Crippen molar-refractivity contribution >= 4 is 16.9 Å². The monoisotopic (exact) mass is 442 g/mol. The number of aromatic nitrogens is 4. The Morgan fingerprint density at radius 3 is 2.97 bits per heavy atom. The summed E-state index contributed by atoms with van der Waals surface area (Å²) in [7, 11) is 0. The number of hydrogen-bond acceptors (Lipinski definition) is 7. The number of rotatable bonds is 6. The molecule has 5 rings (SSSR count). The number of nitrogens with zero attached hydrogens (tertiary/aromatic N) is 4. The summed E-state index contributed by atoms with van der Waals surface area (Å²) in [5.41, 5.74) is 11.7. The average Bonchev–Trinajstić information content (AvgIpc) is 3.47. The van der Waals surface area contributed by atoms with Crippen LogP contribution in [0.1, 0.15) is 22.5 Å². The number of H-pyrrole nitrogens is 1. The van der Waals surface area contributed by atoms with E-state index in [2.05, 4.69) is 25.1 Å². The van der Waals surface area contributed by atoms with Crippen molar-refractivity contribution in [2.24, 2.45) is 5.73 Å². The van der Waals surface area contributed by atoms with Crippen LogP contribution < -0.4 is 5.73 Å². The van der Waals surface area contributed by atoms with Gasteiger partial charge < -0.3 is 10.5 Å². The molecule has 3 aromatic heterocycles. The Hall–Kier alpha value is -3.62. The second-order valence-electron chi connectivity index (χ2n) is 8.44. The molecule has 168 valence electrons. The topological polar surface area (TPSA) is 110 Å². The van der Waals surface area contributed by atoms with Crippen LogP contribution in [0.3, 0.4) is 0 Å². The molecule has 1 aromatic carbocycles. The number of aryl methyl sites for hydroxylation is 1. The molecule has 4 heterocycles. The Morgan fingerprint density at radius 2 is 2.15 bits per heavy atom. The molecular formula is C25H26N6O2. The third kappa shape index (κ3) is 4.62. The molecule has 0 unspecified atom stereocenters. The van der Waals surface area contributed by atoms with Crippen LogP contribution in [0, 0.1) is 6.92 Å². The maximum Gasteiger partial charge on any atom is 0.339 e. The first-order valence-corrected chi connectivity index (χ1v) is 11.1. The van der Waals surface area contributed by atoms with Gasteiger partial charge in [-0.1, -0.05) is 12.1 Å². The molecule has 1 atom stereocenters. The summed E-state index contributed by atoms with van der Waals surface area (Å²) < 4.78 is 5.48. The third-order valence-corrected chi connectivity index (χ3v) is 5.96. The standard InChI is InChI=1S/C25H26N6O2/c1-16-3-2-4-23(29-16)24-21(14-28-30-24)17-5-6-22-18(11-17)12-19(13-27-22)25(32)33-10-9-31-8-7-20(26)15-31/h2-6,11-14,20H,7-10,15,26H2,1H3,(H,28,30)/t20-/m1/s1. The van der Waals surface area contributed by atoms with Crippen LogP contribution in [0.15, 0.2) is 54.9 Å². The van der Waals surface area contributed by atoms with Crippen molar-refractivity contribution in [1.29, 1.82) is 0 Å². The third-order valence-electron chi connectivity index (χ3n) is 5.96. The molecule has 8 nitrogen and oxygen atoms in total. The van der Waals surface area contributed by atoms with E-state index in [1.54, 1.807) is 12.4 Å². The summed E-state index contributed by atoms with van der Waals surface area (Å²) in [6, 6.07) is 13.9. The lowest BCUT2D eigenvalue weighted by Crippen LogP contribution is -2.29. The number of nitrogens with one attached hydrogen (secondary N) is 1. The normalized spacial score (nSPS) is 16.4. The predicted octanol–water partition coefficient (Wildman–Crippen LogP) is 3.19. The Kier molecular flexibility index (Phi) is 5.85. The summed E-state index contributed by atoms with van der Waals surface area (Å²) in [6.45, 7) is 4.80. The highest BCUT2D eigenvalue weighted by Crippen LogP contribution is 2.31. The number of esters is 1. The van der Waals surface area contributed by atoms with Crippen molar-refractivity contribution in [3.8, 4) is 22.5 Å². The fourth-order valence-corrected chi connectivity index (χ4v) is 4.21. The van der Waals surface area contributed by atoms with Crippen LogP contribution in [-0.2, 0) is 4.74 Å². The maximum absolute atomic E-state index is 12.6. The van der Waals surface area contributed by atoms with E-state index in [9.17, 15) is 4.79 Å². The fraction of sp³-hybridized carbons (Fsp3) is 0.280. The highest BCUT2D eigenvalue weighted by Gasteiger charge is 2.19. The molecule has 3 N–H and O–H groups in total. The van der Waals surface area contributed by atoms with Gasteiger partial charge in [0.2, 0.25) is 0 Å². The lowest BCUT2D eigenvalue weighted by Gasteiger charge is -2.14. The highest BCUT2D eigenvalue weighted by molar-refractivity contribution is 5.95. The molecule has 8 heteroatoms. The number of benzene rings is 1. The first kappa shape index (κ1) is 21.2. The number of nitrogens with two attached hydrogens (primary N) is 1. The SMILES string of the molecule is Cc1cccc(-c2[nH]ncc2-c2ccc3ncc(C(=O)OCCN4CC[C@@H](N)C4)cc3c2)n1. The predicted molar refractivity (Wildman–Crippen MR) is 127 cm³/mol. The molecule has 4 aromatic rings. The second kappa shape index (κ2) is 9.09. The molecule has 1 fully saturated rings. The van der Waals surface area contributed by atoms with Crippen LogP contribution >= 0.6 is 0 Å². The molecular weight excluding hydrogens is 416 g/mol. The first-order valence-electron chi connectivity index (χ1n) is 11.1. The Morgan fingerprint density at radius 1 is 1.24 bits per heavy atom. The number of pyridine rings is 2. The Labute approximate surface area is 191 Å². The molecule has 0 aliphatic carbocycles. The summed E-state index contributed by atoms with van der Waals surface area (Å²) >= 11 is 0. The average molecular weight is 443 g/mol. The van der Waals surface area contributed by atoms with Crippen molar-refractivity contribution in [1.82, 2.24) is 25.1 Å². The van der Waals surface area contributed by atoms with Gasteiger partial charge in [0.05, 0.1) is 28.7 Å². The van der Waals surface area contributed by atoms with Crippen LogP contribution in [0.2, 0.25) is 0 Å². The minimum absolute atomic E-state index is 0.219. The van der Waals surface area contributed by atoms with Crippen molar-refractivity contribution < 1.29 is 9.53 Å². The number of likely N-dealkylation sites (tertiary alicyclic amines) is 1. The van der Waals surface area contributed by atoms with Gasteiger partial charge in [-0.05, 0) is 55.8 Å². The molecule has 1 saturated heterocycles. The van der Waals surface area contributed by atoms with Crippen molar-refractivity contribution in [3.63, 3.8) is 0 Å². The van der Waals surface area contributed by atoms with Gasteiger partial charge in [-0.2, -0.15) is 5.10 Å². The zero-order valence-corrected chi connectivity index (χ0v) is 18.5.